The molecule has 0 saturated carbocycles. The summed E-state index contributed by atoms with van der Waals surface area (Å²) in [6.45, 7) is -0.319. The first-order chi connectivity index (χ1) is 12.3. The lowest BCUT2D eigenvalue weighted by Gasteiger charge is -2.16. The number of carbonyl (C=O) groups is 1. The quantitative estimate of drug-likeness (QED) is 0.719. The molecule has 2 aromatic carbocycles. The zero-order valence-electron chi connectivity index (χ0n) is 14.2. The molecule has 1 aromatic heterocycles. The van der Waals surface area contributed by atoms with E-state index in [4.69, 9.17) is 0 Å². The Bertz CT molecular complexity index is 1120. The van der Waals surface area contributed by atoms with Crippen LogP contribution in [0.2, 0.25) is 0 Å². The highest BCUT2D eigenvalue weighted by molar-refractivity contribution is 7.89. The number of carbonyl (C=O) groups excluding carboxylic acids is 1. The van der Waals surface area contributed by atoms with Crippen molar-refractivity contribution in [3.63, 3.8) is 0 Å². The fourth-order valence-electron chi connectivity index (χ4n) is 2.47. The van der Waals surface area contributed by atoms with Gasteiger partial charge in [0, 0.05) is 19.8 Å². The van der Waals surface area contributed by atoms with Crippen molar-refractivity contribution in [3.05, 3.63) is 58.2 Å². The molecule has 1 N–H and O–H groups in total. The first-order valence-corrected chi connectivity index (χ1v) is 9.95. The van der Waals surface area contributed by atoms with Crippen molar-refractivity contribution in [1.82, 2.24) is 8.87 Å². The first kappa shape index (κ1) is 18.3. The van der Waals surface area contributed by atoms with Crippen molar-refractivity contribution in [2.75, 3.05) is 18.9 Å². The van der Waals surface area contributed by atoms with E-state index in [-0.39, 0.29) is 16.3 Å². The molecule has 0 saturated heterocycles. The molecule has 1 heterocycles. The number of nitrogens with zero attached hydrogens (tertiary/aromatic N) is 2. The van der Waals surface area contributed by atoms with Crippen LogP contribution in [0.15, 0.2) is 58.2 Å². The van der Waals surface area contributed by atoms with Gasteiger partial charge < -0.3 is 9.88 Å². The molecule has 1 amide bonds. The SMILES string of the molecule is CN(CC(=O)Nc1ccc2c(c1)sc(=O)n2C)S(=O)(=O)c1ccccc1. The summed E-state index contributed by atoms with van der Waals surface area (Å²) in [5.41, 5.74) is 1.29. The topological polar surface area (TPSA) is 88.5 Å². The molecular formula is C17H17N3O4S2. The zero-order valence-corrected chi connectivity index (χ0v) is 15.8. The molecule has 0 radical (unpaired) electrons. The molecule has 0 atom stereocenters. The van der Waals surface area contributed by atoms with E-state index >= 15 is 0 Å². The van der Waals surface area contributed by atoms with E-state index in [1.807, 2.05) is 0 Å². The summed E-state index contributed by atoms with van der Waals surface area (Å²) in [5, 5.41) is 2.67. The number of aromatic nitrogens is 1. The third-order valence-electron chi connectivity index (χ3n) is 3.89. The average molecular weight is 391 g/mol. The molecular weight excluding hydrogens is 374 g/mol. The van der Waals surface area contributed by atoms with Gasteiger partial charge >= 0.3 is 4.87 Å². The monoisotopic (exact) mass is 391 g/mol. The van der Waals surface area contributed by atoms with Gasteiger partial charge in [0.2, 0.25) is 15.9 Å². The Morgan fingerprint density at radius 3 is 2.58 bits per heavy atom. The molecule has 3 aromatic rings. The summed E-state index contributed by atoms with van der Waals surface area (Å²) in [4.78, 5) is 24.0. The summed E-state index contributed by atoms with van der Waals surface area (Å²) in [6.07, 6.45) is 0. The van der Waals surface area contributed by atoms with E-state index in [0.29, 0.717) is 5.69 Å². The number of nitrogens with one attached hydrogen (secondary N) is 1. The minimum Gasteiger partial charge on any atom is -0.325 e. The van der Waals surface area contributed by atoms with E-state index in [1.54, 1.807) is 43.4 Å². The lowest BCUT2D eigenvalue weighted by molar-refractivity contribution is -0.116. The number of thiazole rings is 1. The second kappa shape index (κ2) is 7.02. The van der Waals surface area contributed by atoms with Crippen molar-refractivity contribution in [3.8, 4) is 0 Å². The smallest absolute Gasteiger partial charge is 0.307 e. The van der Waals surface area contributed by atoms with Crippen molar-refractivity contribution in [2.45, 2.75) is 4.90 Å². The van der Waals surface area contributed by atoms with Crippen molar-refractivity contribution >= 4 is 43.2 Å². The molecule has 0 fully saturated rings. The molecule has 3 rings (SSSR count). The predicted molar refractivity (Wildman–Crippen MR) is 102 cm³/mol. The van der Waals surface area contributed by atoms with Gasteiger partial charge in [-0.25, -0.2) is 8.42 Å². The number of hydrogen-bond donors (Lipinski definition) is 1. The highest BCUT2D eigenvalue weighted by Crippen LogP contribution is 2.21. The number of hydrogen-bond acceptors (Lipinski definition) is 5. The second-order valence-electron chi connectivity index (χ2n) is 5.73. The number of sulfonamides is 1. The summed E-state index contributed by atoms with van der Waals surface area (Å²) >= 11 is 1.09. The molecule has 26 heavy (non-hydrogen) atoms. The van der Waals surface area contributed by atoms with Crippen LogP contribution in [0.25, 0.3) is 10.2 Å². The largest absolute Gasteiger partial charge is 0.325 e. The second-order valence-corrected chi connectivity index (χ2v) is 8.77. The van der Waals surface area contributed by atoms with Gasteiger partial charge in [0.25, 0.3) is 0 Å². The standard InChI is InChI=1S/C17H17N3O4S2/c1-19(26(23,24)13-6-4-3-5-7-13)11-16(21)18-12-8-9-14-15(10-12)25-17(22)20(14)2/h3-10H,11H2,1-2H3,(H,18,21). The van der Waals surface area contributed by atoms with E-state index in [1.165, 1.54) is 23.7 Å². The third kappa shape index (κ3) is 3.55. The third-order valence-corrected chi connectivity index (χ3v) is 6.71. The predicted octanol–water partition coefficient (Wildman–Crippen LogP) is 1.86. The number of amides is 1. The molecule has 9 heteroatoms. The van der Waals surface area contributed by atoms with Gasteiger partial charge in [0.1, 0.15) is 0 Å². The van der Waals surface area contributed by atoms with Crippen molar-refractivity contribution in [1.29, 1.82) is 0 Å². The fraction of sp³-hybridized carbons (Fsp3) is 0.176. The van der Waals surface area contributed by atoms with Crippen LogP contribution in [0.4, 0.5) is 5.69 Å². The minimum atomic E-state index is -3.73. The average Bonchev–Trinajstić information content (AvgIpc) is 2.89. The van der Waals surface area contributed by atoms with E-state index < -0.39 is 15.9 Å². The minimum absolute atomic E-state index is 0.0860. The molecule has 0 bridgehead atoms. The Kier molecular flexibility index (Phi) is 4.94. The van der Waals surface area contributed by atoms with Crippen LogP contribution >= 0.6 is 11.3 Å². The highest BCUT2D eigenvalue weighted by atomic mass is 32.2. The zero-order chi connectivity index (χ0) is 18.9. The summed E-state index contributed by atoms with van der Waals surface area (Å²) < 4.78 is 28.2. The van der Waals surface area contributed by atoms with Crippen molar-refractivity contribution < 1.29 is 13.2 Å². The highest BCUT2D eigenvalue weighted by Gasteiger charge is 2.22. The van der Waals surface area contributed by atoms with Crippen LogP contribution in [0.5, 0.6) is 0 Å². The van der Waals surface area contributed by atoms with Gasteiger partial charge in [-0.2, -0.15) is 4.31 Å². The number of likely N-dealkylation sites (N-methyl/N-ethyl adjacent to an activating group) is 1. The molecule has 0 unspecified atom stereocenters. The van der Waals surface area contributed by atoms with E-state index in [2.05, 4.69) is 5.32 Å². The Hall–Kier alpha value is -2.49. The first-order valence-electron chi connectivity index (χ1n) is 7.70. The van der Waals surface area contributed by atoms with E-state index in [0.717, 1.165) is 25.9 Å². The summed E-state index contributed by atoms with van der Waals surface area (Å²) in [5.74, 6) is -0.463. The maximum atomic E-state index is 12.4. The van der Waals surface area contributed by atoms with Gasteiger partial charge in [-0.1, -0.05) is 29.5 Å². The van der Waals surface area contributed by atoms with Crippen LogP contribution in [0.1, 0.15) is 0 Å². The summed E-state index contributed by atoms with van der Waals surface area (Å²) in [6, 6.07) is 13.1. The Morgan fingerprint density at radius 2 is 1.88 bits per heavy atom. The van der Waals surface area contributed by atoms with Crippen molar-refractivity contribution in [2.24, 2.45) is 7.05 Å². The van der Waals surface area contributed by atoms with Gasteiger partial charge in [-0.3, -0.25) is 9.59 Å². The van der Waals surface area contributed by atoms with E-state index in [9.17, 15) is 18.0 Å². The normalized spacial score (nSPS) is 11.8. The maximum Gasteiger partial charge on any atom is 0.307 e. The van der Waals surface area contributed by atoms with Gasteiger partial charge in [-0.05, 0) is 30.3 Å². The van der Waals surface area contributed by atoms with Gasteiger partial charge in [0.05, 0.1) is 21.7 Å². The van der Waals surface area contributed by atoms with Gasteiger partial charge in [0.15, 0.2) is 0 Å². The van der Waals surface area contributed by atoms with Crippen LogP contribution in [0, 0.1) is 0 Å². The molecule has 0 aliphatic carbocycles. The number of anilines is 1. The number of rotatable bonds is 5. The van der Waals surface area contributed by atoms with Crippen LogP contribution < -0.4 is 10.2 Å². The Labute approximate surface area is 154 Å². The summed E-state index contributed by atoms with van der Waals surface area (Å²) in [7, 11) is -0.695. The molecule has 7 nitrogen and oxygen atoms in total. The molecule has 0 aliphatic rings. The van der Waals surface area contributed by atoms with Crippen LogP contribution in [0.3, 0.4) is 0 Å². The number of fused-ring (bicyclic) bond motifs is 1. The van der Waals surface area contributed by atoms with Crippen LogP contribution in [-0.2, 0) is 21.9 Å². The number of aryl methyl sites for hydroxylation is 1. The lowest BCUT2D eigenvalue weighted by atomic mass is 10.3. The molecule has 0 aliphatic heterocycles. The van der Waals surface area contributed by atoms with Gasteiger partial charge in [-0.15, -0.1) is 0 Å². The fourth-order valence-corrected chi connectivity index (χ4v) is 4.54. The van der Waals surface area contributed by atoms with Crippen LogP contribution in [-0.4, -0.2) is 36.8 Å². The maximum absolute atomic E-state index is 12.4. The number of benzene rings is 2. The lowest BCUT2D eigenvalue weighted by Crippen LogP contribution is -2.34. The molecule has 0 spiro atoms. The Balaban J connectivity index is 1.73. The molecule has 136 valence electrons. The Morgan fingerprint density at radius 1 is 1.19 bits per heavy atom.